The minimum atomic E-state index is -4.08. The van der Waals surface area contributed by atoms with E-state index in [0.29, 0.717) is 24.4 Å². The fourth-order valence-electron chi connectivity index (χ4n) is 4.14. The van der Waals surface area contributed by atoms with E-state index in [1.165, 1.54) is 17.0 Å². The Bertz CT molecular complexity index is 1330. The number of carbonyl (C=O) groups excluding carboxylic acids is 2. The molecule has 0 heterocycles. The summed E-state index contributed by atoms with van der Waals surface area (Å²) >= 11 is 0. The second-order valence-corrected chi connectivity index (χ2v) is 10.7. The summed E-state index contributed by atoms with van der Waals surface area (Å²) in [5.74, 6) is -0.168. The molecule has 0 fully saturated rings. The molecule has 1 atom stereocenters. The van der Waals surface area contributed by atoms with Gasteiger partial charge in [-0.05, 0) is 62.2 Å². The van der Waals surface area contributed by atoms with Crippen LogP contribution >= 0.6 is 0 Å². The molecule has 3 aromatic carbocycles. The summed E-state index contributed by atoms with van der Waals surface area (Å²) in [5, 5.41) is 2.80. The molecule has 2 amide bonds. The number of amides is 2. The summed E-state index contributed by atoms with van der Waals surface area (Å²) in [6, 6.07) is 21.4. The lowest BCUT2D eigenvalue weighted by molar-refractivity contribution is -0.140. The van der Waals surface area contributed by atoms with Crippen molar-refractivity contribution in [3.8, 4) is 5.75 Å². The minimum Gasteiger partial charge on any atom is -0.497 e. The van der Waals surface area contributed by atoms with Crippen molar-refractivity contribution < 1.29 is 22.7 Å². The molecule has 0 bridgehead atoms. The summed E-state index contributed by atoms with van der Waals surface area (Å²) < 4.78 is 34.0. The first kappa shape index (κ1) is 28.7. The van der Waals surface area contributed by atoms with Gasteiger partial charge in [-0.15, -0.1) is 0 Å². The third-order valence-electron chi connectivity index (χ3n) is 6.16. The van der Waals surface area contributed by atoms with Gasteiger partial charge < -0.3 is 15.0 Å². The molecule has 0 aliphatic carbocycles. The minimum absolute atomic E-state index is 0.0786. The van der Waals surface area contributed by atoms with Gasteiger partial charge in [0.15, 0.2) is 0 Å². The summed E-state index contributed by atoms with van der Waals surface area (Å²) in [5.41, 5.74) is 2.03. The normalized spacial score (nSPS) is 11.9. The summed E-state index contributed by atoms with van der Waals surface area (Å²) in [6.07, 6.45) is 0.359. The van der Waals surface area contributed by atoms with Gasteiger partial charge in [-0.2, -0.15) is 0 Å². The fraction of sp³-hybridized carbons (Fsp3) is 0.310. The molecule has 0 aliphatic heterocycles. The number of benzene rings is 3. The van der Waals surface area contributed by atoms with Crippen molar-refractivity contribution in [1.29, 1.82) is 0 Å². The van der Waals surface area contributed by atoms with E-state index in [4.69, 9.17) is 4.74 Å². The SMILES string of the molecule is CCNC(=O)[C@H](CC)N(Cc1cccc(OC)c1)C(=O)CN(c1ccccc1)S(=O)(=O)c1ccc(C)cc1. The first-order valence-corrected chi connectivity index (χ1v) is 14.0. The average Bonchev–Trinajstić information content (AvgIpc) is 2.92. The average molecular weight is 538 g/mol. The van der Waals surface area contributed by atoms with Crippen LogP contribution in [0.15, 0.2) is 83.8 Å². The lowest BCUT2D eigenvalue weighted by Crippen LogP contribution is -2.52. The number of sulfonamides is 1. The number of anilines is 1. The number of para-hydroxylation sites is 1. The Morgan fingerprint density at radius 2 is 1.63 bits per heavy atom. The molecule has 0 unspecified atom stereocenters. The maximum atomic E-state index is 13.9. The highest BCUT2D eigenvalue weighted by Gasteiger charge is 2.33. The molecule has 3 aromatic rings. The van der Waals surface area contributed by atoms with Gasteiger partial charge >= 0.3 is 0 Å². The Labute approximate surface area is 225 Å². The maximum Gasteiger partial charge on any atom is 0.264 e. The van der Waals surface area contributed by atoms with Crippen LogP contribution in [0.5, 0.6) is 5.75 Å². The third kappa shape index (κ3) is 6.92. The van der Waals surface area contributed by atoms with Crippen molar-refractivity contribution in [3.63, 3.8) is 0 Å². The summed E-state index contributed by atoms with van der Waals surface area (Å²) in [4.78, 5) is 28.4. The van der Waals surface area contributed by atoms with Crippen molar-refractivity contribution in [1.82, 2.24) is 10.2 Å². The van der Waals surface area contributed by atoms with Gasteiger partial charge in [0, 0.05) is 13.1 Å². The van der Waals surface area contributed by atoms with E-state index in [0.717, 1.165) is 15.4 Å². The number of rotatable bonds is 12. The van der Waals surface area contributed by atoms with Gasteiger partial charge in [-0.25, -0.2) is 8.42 Å². The number of hydrogen-bond acceptors (Lipinski definition) is 5. The zero-order valence-corrected chi connectivity index (χ0v) is 23.1. The maximum absolute atomic E-state index is 13.9. The van der Waals surface area contributed by atoms with Crippen LogP contribution in [0.1, 0.15) is 31.4 Å². The Morgan fingerprint density at radius 1 is 0.947 bits per heavy atom. The lowest BCUT2D eigenvalue weighted by Gasteiger charge is -2.33. The second kappa shape index (κ2) is 13.1. The Morgan fingerprint density at radius 3 is 2.24 bits per heavy atom. The number of carbonyl (C=O) groups is 2. The lowest BCUT2D eigenvalue weighted by atomic mass is 10.1. The van der Waals surface area contributed by atoms with Gasteiger partial charge in [-0.1, -0.05) is 55.0 Å². The Hall–Kier alpha value is -3.85. The zero-order chi connectivity index (χ0) is 27.7. The van der Waals surface area contributed by atoms with Crippen LogP contribution in [0.3, 0.4) is 0 Å². The van der Waals surface area contributed by atoms with Gasteiger partial charge in [0.2, 0.25) is 11.8 Å². The standard InChI is InChI=1S/C29H35N3O5S/c1-5-27(29(34)30-6-2)31(20-23-11-10-14-25(19-23)37-4)28(33)21-32(24-12-8-7-9-13-24)38(35,36)26-17-15-22(3)16-18-26/h7-19,27H,5-6,20-21H2,1-4H3,(H,30,34)/t27-/m0/s1. The molecule has 0 spiro atoms. The smallest absolute Gasteiger partial charge is 0.264 e. The third-order valence-corrected chi connectivity index (χ3v) is 7.94. The first-order chi connectivity index (χ1) is 18.2. The van der Waals surface area contributed by atoms with Gasteiger partial charge in [0.25, 0.3) is 10.0 Å². The molecule has 9 heteroatoms. The molecule has 0 aliphatic rings. The van der Waals surface area contributed by atoms with Crippen molar-refractivity contribution >= 4 is 27.5 Å². The molecule has 0 saturated carbocycles. The van der Waals surface area contributed by atoms with Gasteiger partial charge in [0.1, 0.15) is 18.3 Å². The van der Waals surface area contributed by atoms with E-state index in [9.17, 15) is 18.0 Å². The van der Waals surface area contributed by atoms with Crippen molar-refractivity contribution in [3.05, 3.63) is 90.0 Å². The molecule has 3 rings (SSSR count). The van der Waals surface area contributed by atoms with Crippen molar-refractivity contribution in [2.24, 2.45) is 0 Å². The fourth-order valence-corrected chi connectivity index (χ4v) is 5.55. The van der Waals surface area contributed by atoms with Crippen LogP contribution in [-0.2, 0) is 26.2 Å². The highest BCUT2D eigenvalue weighted by molar-refractivity contribution is 7.92. The zero-order valence-electron chi connectivity index (χ0n) is 22.3. The van der Waals surface area contributed by atoms with E-state index in [1.54, 1.807) is 61.7 Å². The highest BCUT2D eigenvalue weighted by Crippen LogP contribution is 2.25. The summed E-state index contributed by atoms with van der Waals surface area (Å²) in [7, 11) is -2.53. The van der Waals surface area contributed by atoms with Gasteiger partial charge in [-0.3, -0.25) is 13.9 Å². The molecule has 0 saturated heterocycles. The Balaban J connectivity index is 2.04. The van der Waals surface area contributed by atoms with Crippen molar-refractivity contribution in [2.45, 2.75) is 44.7 Å². The van der Waals surface area contributed by atoms with Crippen LogP contribution in [0.25, 0.3) is 0 Å². The molecule has 8 nitrogen and oxygen atoms in total. The summed E-state index contributed by atoms with van der Waals surface area (Å²) in [6.45, 7) is 5.55. The topological polar surface area (TPSA) is 96.0 Å². The van der Waals surface area contributed by atoms with Crippen LogP contribution < -0.4 is 14.4 Å². The monoisotopic (exact) mass is 537 g/mol. The van der Waals surface area contributed by atoms with Crippen LogP contribution in [0, 0.1) is 6.92 Å². The van der Waals surface area contributed by atoms with E-state index in [2.05, 4.69) is 5.32 Å². The second-order valence-electron chi connectivity index (χ2n) is 8.85. The number of likely N-dealkylation sites (N-methyl/N-ethyl adjacent to an activating group) is 1. The van der Waals surface area contributed by atoms with Crippen LogP contribution in [0.2, 0.25) is 0 Å². The molecule has 0 aromatic heterocycles. The molecule has 0 radical (unpaired) electrons. The number of aryl methyl sites for hydroxylation is 1. The van der Waals surface area contributed by atoms with Crippen LogP contribution in [-0.4, -0.2) is 51.4 Å². The van der Waals surface area contributed by atoms with E-state index < -0.39 is 28.5 Å². The number of nitrogens with zero attached hydrogens (tertiary/aromatic N) is 2. The molecular formula is C29H35N3O5S. The van der Waals surface area contributed by atoms with Crippen molar-refractivity contribution in [2.75, 3.05) is 24.5 Å². The van der Waals surface area contributed by atoms with E-state index >= 15 is 0 Å². The van der Waals surface area contributed by atoms with Crippen LogP contribution in [0.4, 0.5) is 5.69 Å². The number of nitrogens with one attached hydrogen (secondary N) is 1. The molecule has 1 N–H and O–H groups in total. The first-order valence-electron chi connectivity index (χ1n) is 12.6. The number of methoxy groups -OCH3 is 1. The highest BCUT2D eigenvalue weighted by atomic mass is 32.2. The quantitative estimate of drug-likeness (QED) is 0.375. The van der Waals surface area contributed by atoms with E-state index in [-0.39, 0.29) is 17.3 Å². The Kier molecular flexibility index (Phi) is 9.90. The molecular weight excluding hydrogens is 502 g/mol. The largest absolute Gasteiger partial charge is 0.497 e. The molecule has 202 valence electrons. The van der Waals surface area contributed by atoms with Gasteiger partial charge in [0.05, 0.1) is 17.7 Å². The molecule has 38 heavy (non-hydrogen) atoms. The predicted molar refractivity (Wildman–Crippen MR) is 148 cm³/mol. The number of hydrogen-bond donors (Lipinski definition) is 1. The van der Waals surface area contributed by atoms with E-state index in [1.807, 2.05) is 32.9 Å². The predicted octanol–water partition coefficient (Wildman–Crippen LogP) is 4.14. The number of ether oxygens (including phenoxy) is 1.